The number of morpholine rings is 1. The molecule has 0 aliphatic carbocycles. The Balaban J connectivity index is 0.00000341. The standard InChI is InChI=1S/C22H33N5O2S.HI/c1-17(2)20-16-30-21(26-20)15-25-22(23-3)24-14-18-5-4-6-19(13-18)29-12-9-27-7-10-28-11-8-27;/h4-6,13,16-17H,7-12,14-15H2,1-3H3,(H2,23,24,25);1H. The van der Waals surface area contributed by atoms with Crippen molar-refractivity contribution < 1.29 is 9.47 Å². The van der Waals surface area contributed by atoms with Crippen LogP contribution in [0.15, 0.2) is 34.6 Å². The molecule has 9 heteroatoms. The van der Waals surface area contributed by atoms with Gasteiger partial charge in [-0.3, -0.25) is 9.89 Å². The van der Waals surface area contributed by atoms with Gasteiger partial charge in [0.1, 0.15) is 17.4 Å². The second-order valence-corrected chi connectivity index (χ2v) is 8.49. The van der Waals surface area contributed by atoms with E-state index in [0.717, 1.165) is 60.8 Å². The van der Waals surface area contributed by atoms with Crippen LogP contribution in [0.4, 0.5) is 0 Å². The molecule has 1 aliphatic rings. The zero-order valence-corrected chi connectivity index (χ0v) is 21.7. The van der Waals surface area contributed by atoms with Gasteiger partial charge < -0.3 is 20.1 Å². The summed E-state index contributed by atoms with van der Waals surface area (Å²) in [6.07, 6.45) is 0. The zero-order valence-electron chi connectivity index (χ0n) is 18.6. The number of hydrogen-bond donors (Lipinski definition) is 2. The fraction of sp³-hybridized carbons (Fsp3) is 0.545. The van der Waals surface area contributed by atoms with E-state index in [9.17, 15) is 0 Å². The van der Waals surface area contributed by atoms with E-state index in [1.165, 1.54) is 0 Å². The minimum absolute atomic E-state index is 0. The molecular formula is C22H34IN5O2S. The SMILES string of the molecule is CN=C(NCc1cccc(OCCN2CCOCC2)c1)NCc1nc(C(C)C)cs1.I. The number of ether oxygens (including phenoxy) is 2. The van der Waals surface area contributed by atoms with Crippen molar-refractivity contribution in [3.8, 4) is 5.75 Å². The third-order valence-electron chi connectivity index (χ3n) is 4.93. The van der Waals surface area contributed by atoms with Crippen molar-refractivity contribution in [2.75, 3.05) is 46.5 Å². The first-order valence-electron chi connectivity index (χ1n) is 10.5. The molecule has 0 radical (unpaired) electrons. The maximum atomic E-state index is 5.95. The van der Waals surface area contributed by atoms with Gasteiger partial charge in [0.2, 0.25) is 0 Å². The Morgan fingerprint density at radius 3 is 2.74 bits per heavy atom. The van der Waals surface area contributed by atoms with E-state index in [1.807, 2.05) is 12.1 Å². The first kappa shape index (κ1) is 25.8. The van der Waals surface area contributed by atoms with Gasteiger partial charge in [-0.05, 0) is 23.6 Å². The Labute approximate surface area is 206 Å². The van der Waals surface area contributed by atoms with E-state index in [1.54, 1.807) is 18.4 Å². The highest BCUT2D eigenvalue weighted by atomic mass is 127. The van der Waals surface area contributed by atoms with Gasteiger partial charge in [-0.2, -0.15) is 0 Å². The number of aliphatic imine (C=N–C) groups is 1. The Hall–Kier alpha value is -1.43. The highest BCUT2D eigenvalue weighted by Gasteiger charge is 2.10. The molecule has 1 fully saturated rings. The maximum Gasteiger partial charge on any atom is 0.191 e. The van der Waals surface area contributed by atoms with E-state index in [2.05, 4.69) is 56.9 Å². The predicted octanol–water partition coefficient (Wildman–Crippen LogP) is 3.46. The lowest BCUT2D eigenvalue weighted by Crippen LogP contribution is -2.38. The largest absolute Gasteiger partial charge is 0.492 e. The van der Waals surface area contributed by atoms with E-state index in [-0.39, 0.29) is 24.0 Å². The number of guanidine groups is 1. The number of benzene rings is 1. The molecule has 7 nitrogen and oxygen atoms in total. The van der Waals surface area contributed by atoms with E-state index in [4.69, 9.17) is 9.47 Å². The van der Waals surface area contributed by atoms with Crippen LogP contribution in [-0.4, -0.2) is 62.3 Å². The number of nitrogens with zero attached hydrogens (tertiary/aromatic N) is 3. The van der Waals surface area contributed by atoms with Crippen LogP contribution in [-0.2, 0) is 17.8 Å². The molecule has 0 atom stereocenters. The van der Waals surface area contributed by atoms with Crippen molar-refractivity contribution >= 4 is 41.3 Å². The molecule has 1 aromatic carbocycles. The monoisotopic (exact) mass is 559 g/mol. The average Bonchev–Trinajstić information content (AvgIpc) is 3.24. The van der Waals surface area contributed by atoms with Crippen LogP contribution >= 0.6 is 35.3 Å². The maximum absolute atomic E-state index is 5.95. The third-order valence-corrected chi connectivity index (χ3v) is 5.80. The molecule has 0 saturated carbocycles. The lowest BCUT2D eigenvalue weighted by Gasteiger charge is -2.26. The summed E-state index contributed by atoms with van der Waals surface area (Å²) < 4.78 is 11.3. The van der Waals surface area contributed by atoms with Crippen LogP contribution < -0.4 is 15.4 Å². The van der Waals surface area contributed by atoms with Crippen molar-refractivity contribution in [2.45, 2.75) is 32.9 Å². The van der Waals surface area contributed by atoms with Gasteiger partial charge in [0, 0.05) is 38.6 Å². The topological polar surface area (TPSA) is 71.0 Å². The van der Waals surface area contributed by atoms with Crippen molar-refractivity contribution in [1.82, 2.24) is 20.5 Å². The summed E-state index contributed by atoms with van der Waals surface area (Å²) in [4.78, 5) is 11.3. The van der Waals surface area contributed by atoms with Gasteiger partial charge in [0.15, 0.2) is 5.96 Å². The summed E-state index contributed by atoms with van der Waals surface area (Å²) in [6.45, 7) is 10.9. The van der Waals surface area contributed by atoms with Crippen molar-refractivity contribution in [3.05, 3.63) is 45.9 Å². The molecular weight excluding hydrogens is 525 g/mol. The van der Waals surface area contributed by atoms with Gasteiger partial charge >= 0.3 is 0 Å². The molecule has 1 saturated heterocycles. The molecule has 2 aromatic rings. The Morgan fingerprint density at radius 1 is 1.26 bits per heavy atom. The molecule has 1 aliphatic heterocycles. The number of thiazole rings is 1. The first-order chi connectivity index (χ1) is 14.6. The van der Waals surface area contributed by atoms with Crippen LogP contribution in [0.25, 0.3) is 0 Å². The van der Waals surface area contributed by atoms with Gasteiger partial charge in [0.05, 0.1) is 25.5 Å². The minimum atomic E-state index is 0. The molecule has 0 unspecified atom stereocenters. The quantitative estimate of drug-likeness (QED) is 0.279. The van der Waals surface area contributed by atoms with Crippen LogP contribution in [0.2, 0.25) is 0 Å². The number of nitrogens with one attached hydrogen (secondary N) is 2. The summed E-state index contributed by atoms with van der Waals surface area (Å²) in [5.74, 6) is 2.11. The summed E-state index contributed by atoms with van der Waals surface area (Å²) in [5.41, 5.74) is 2.29. The van der Waals surface area contributed by atoms with Gasteiger partial charge in [-0.25, -0.2) is 4.98 Å². The summed E-state index contributed by atoms with van der Waals surface area (Å²) in [7, 11) is 1.78. The highest BCUT2D eigenvalue weighted by Crippen LogP contribution is 2.17. The molecule has 0 spiro atoms. The fourth-order valence-corrected chi connectivity index (χ4v) is 4.00. The molecule has 172 valence electrons. The predicted molar refractivity (Wildman–Crippen MR) is 138 cm³/mol. The summed E-state index contributed by atoms with van der Waals surface area (Å²) in [5, 5.41) is 9.89. The van der Waals surface area contributed by atoms with E-state index in [0.29, 0.717) is 25.6 Å². The summed E-state index contributed by atoms with van der Waals surface area (Å²) in [6, 6.07) is 8.20. The fourth-order valence-electron chi connectivity index (χ4n) is 3.10. The normalized spacial score (nSPS) is 14.9. The van der Waals surface area contributed by atoms with Gasteiger partial charge in [0.25, 0.3) is 0 Å². The van der Waals surface area contributed by atoms with Crippen LogP contribution in [0.5, 0.6) is 5.75 Å². The van der Waals surface area contributed by atoms with Crippen LogP contribution in [0.3, 0.4) is 0 Å². The van der Waals surface area contributed by atoms with Crippen molar-refractivity contribution in [1.29, 1.82) is 0 Å². The van der Waals surface area contributed by atoms with Gasteiger partial charge in [-0.1, -0.05) is 26.0 Å². The number of rotatable bonds is 9. The first-order valence-corrected chi connectivity index (χ1v) is 11.4. The third kappa shape index (κ3) is 8.91. The molecule has 2 heterocycles. The molecule has 1 aromatic heterocycles. The van der Waals surface area contributed by atoms with Crippen LogP contribution in [0.1, 0.15) is 36.0 Å². The Morgan fingerprint density at radius 2 is 2.03 bits per heavy atom. The van der Waals surface area contributed by atoms with Gasteiger partial charge in [-0.15, -0.1) is 35.3 Å². The lowest BCUT2D eigenvalue weighted by molar-refractivity contribution is 0.0322. The Kier molecular flexibility index (Phi) is 11.6. The minimum Gasteiger partial charge on any atom is -0.492 e. The number of halogens is 1. The highest BCUT2D eigenvalue weighted by molar-refractivity contribution is 14.0. The second kappa shape index (κ2) is 13.9. The van der Waals surface area contributed by atoms with Crippen molar-refractivity contribution in [2.24, 2.45) is 4.99 Å². The summed E-state index contributed by atoms with van der Waals surface area (Å²) >= 11 is 1.68. The molecule has 3 rings (SSSR count). The Bertz CT molecular complexity index is 809. The average molecular weight is 560 g/mol. The van der Waals surface area contributed by atoms with Crippen LogP contribution in [0, 0.1) is 0 Å². The molecule has 0 bridgehead atoms. The van der Waals surface area contributed by atoms with Crippen molar-refractivity contribution in [3.63, 3.8) is 0 Å². The zero-order chi connectivity index (χ0) is 21.2. The molecule has 31 heavy (non-hydrogen) atoms. The van der Waals surface area contributed by atoms with E-state index < -0.39 is 0 Å². The molecule has 2 N–H and O–H groups in total. The molecule has 0 amide bonds. The smallest absolute Gasteiger partial charge is 0.191 e. The van der Waals surface area contributed by atoms with E-state index >= 15 is 0 Å². The number of hydrogen-bond acceptors (Lipinski definition) is 6. The lowest BCUT2D eigenvalue weighted by atomic mass is 10.2. The second-order valence-electron chi connectivity index (χ2n) is 7.55. The number of aromatic nitrogens is 1.